The Labute approximate surface area is 117 Å². The molecule has 4 heteroatoms. The van der Waals surface area contributed by atoms with Crippen LogP contribution in [-0.4, -0.2) is 24.8 Å². The molecule has 4 fully saturated rings. The maximum atomic E-state index is 6.35. The molecule has 1 heterocycles. The summed E-state index contributed by atoms with van der Waals surface area (Å²) in [6.45, 7) is 11.4. The molecule has 3 aliphatic carbocycles. The van der Waals surface area contributed by atoms with Gasteiger partial charge in [-0.3, -0.25) is 0 Å². The number of hydrogen-bond acceptors (Lipinski definition) is 3. The van der Waals surface area contributed by atoms with Crippen LogP contribution in [0.3, 0.4) is 0 Å². The van der Waals surface area contributed by atoms with E-state index in [2.05, 4.69) is 34.6 Å². The van der Waals surface area contributed by atoms with Gasteiger partial charge >= 0.3 is 7.12 Å². The minimum absolute atomic E-state index is 0.00253. The summed E-state index contributed by atoms with van der Waals surface area (Å²) in [5, 5.41) is 0. The van der Waals surface area contributed by atoms with E-state index < -0.39 is 0 Å². The van der Waals surface area contributed by atoms with E-state index >= 15 is 0 Å². The summed E-state index contributed by atoms with van der Waals surface area (Å²) in [5.41, 5.74) is 6.56. The Morgan fingerprint density at radius 3 is 2.53 bits per heavy atom. The summed E-state index contributed by atoms with van der Waals surface area (Å²) in [5.74, 6) is 2.02. The summed E-state index contributed by atoms with van der Waals surface area (Å²) in [6.07, 6.45) is 3.67. The highest BCUT2D eigenvalue weighted by Crippen LogP contribution is 2.65. The summed E-state index contributed by atoms with van der Waals surface area (Å²) in [6, 6.07) is 0. The van der Waals surface area contributed by atoms with Crippen molar-refractivity contribution in [3.8, 4) is 0 Å². The van der Waals surface area contributed by atoms with Crippen molar-refractivity contribution in [3.05, 3.63) is 0 Å². The van der Waals surface area contributed by atoms with Crippen molar-refractivity contribution in [2.45, 2.75) is 71.5 Å². The average molecular weight is 265 g/mol. The quantitative estimate of drug-likeness (QED) is 0.798. The fourth-order valence-corrected chi connectivity index (χ4v) is 4.74. The predicted octanol–water partition coefficient (Wildman–Crippen LogP) is 2.63. The van der Waals surface area contributed by atoms with Crippen molar-refractivity contribution in [1.82, 2.24) is 0 Å². The summed E-state index contributed by atoms with van der Waals surface area (Å²) in [4.78, 5) is 0. The Bertz CT molecular complexity index is 373. The van der Waals surface area contributed by atoms with E-state index in [1.165, 1.54) is 6.42 Å². The zero-order valence-electron chi connectivity index (χ0n) is 13.0. The highest BCUT2D eigenvalue weighted by Gasteiger charge is 2.68. The molecule has 108 valence electrons. The Morgan fingerprint density at radius 2 is 1.95 bits per heavy atom. The molecule has 3 saturated carbocycles. The Kier molecular flexibility index (Phi) is 3.09. The molecule has 0 aromatic rings. The van der Waals surface area contributed by atoms with Crippen molar-refractivity contribution < 1.29 is 9.31 Å². The SMILES string of the molecule is CC(C)CC(N)B1OC2CC3CC(C3(C)C)C2(C)O1. The maximum absolute atomic E-state index is 6.35. The van der Waals surface area contributed by atoms with Gasteiger partial charge in [0.2, 0.25) is 0 Å². The number of rotatable bonds is 3. The first-order chi connectivity index (χ1) is 8.75. The minimum atomic E-state index is -0.201. The van der Waals surface area contributed by atoms with Crippen LogP contribution in [0, 0.1) is 23.2 Å². The molecular formula is C15H28BNO2. The van der Waals surface area contributed by atoms with Crippen LogP contribution in [-0.2, 0) is 9.31 Å². The molecule has 0 aromatic carbocycles. The van der Waals surface area contributed by atoms with E-state index in [1.807, 2.05) is 0 Å². The van der Waals surface area contributed by atoms with Crippen molar-refractivity contribution in [3.63, 3.8) is 0 Å². The molecule has 1 saturated heterocycles. The number of hydrogen-bond donors (Lipinski definition) is 1. The lowest BCUT2D eigenvalue weighted by Gasteiger charge is -2.64. The molecule has 0 radical (unpaired) electrons. The Morgan fingerprint density at radius 1 is 1.26 bits per heavy atom. The van der Waals surface area contributed by atoms with Gasteiger partial charge in [-0.05, 0) is 49.4 Å². The first kappa shape index (κ1) is 13.9. The van der Waals surface area contributed by atoms with Gasteiger partial charge in [0.05, 0.1) is 11.7 Å². The molecule has 4 rings (SSSR count). The van der Waals surface area contributed by atoms with Gasteiger partial charge in [0.25, 0.3) is 0 Å². The van der Waals surface area contributed by atoms with E-state index in [9.17, 15) is 0 Å². The summed E-state index contributed by atoms with van der Waals surface area (Å²) in [7, 11) is -0.201. The molecule has 0 aromatic heterocycles. The summed E-state index contributed by atoms with van der Waals surface area (Å²) < 4.78 is 12.5. The van der Waals surface area contributed by atoms with Crippen LogP contribution in [0.5, 0.6) is 0 Å². The van der Waals surface area contributed by atoms with E-state index in [4.69, 9.17) is 15.0 Å². The third kappa shape index (κ3) is 1.90. The second kappa shape index (κ2) is 4.22. The molecule has 19 heavy (non-hydrogen) atoms. The molecular weight excluding hydrogens is 237 g/mol. The van der Waals surface area contributed by atoms with E-state index in [-0.39, 0.29) is 24.8 Å². The van der Waals surface area contributed by atoms with E-state index in [0.717, 1.165) is 18.8 Å². The van der Waals surface area contributed by atoms with Crippen LogP contribution in [0.4, 0.5) is 0 Å². The van der Waals surface area contributed by atoms with Crippen molar-refractivity contribution >= 4 is 7.12 Å². The first-order valence-corrected chi connectivity index (χ1v) is 7.84. The van der Waals surface area contributed by atoms with Crippen LogP contribution in [0.25, 0.3) is 0 Å². The normalized spacial score (nSPS) is 45.0. The Hall–Kier alpha value is -0.0551. The molecule has 1 aliphatic heterocycles. The van der Waals surface area contributed by atoms with Crippen molar-refractivity contribution in [2.24, 2.45) is 28.9 Å². The van der Waals surface area contributed by atoms with Gasteiger partial charge in [-0.2, -0.15) is 0 Å². The van der Waals surface area contributed by atoms with Gasteiger partial charge < -0.3 is 15.0 Å². The molecule has 3 nitrogen and oxygen atoms in total. The topological polar surface area (TPSA) is 44.5 Å². The number of nitrogens with two attached hydrogens (primary N) is 1. The monoisotopic (exact) mass is 265 g/mol. The molecule has 0 amide bonds. The predicted molar refractivity (Wildman–Crippen MR) is 77.5 cm³/mol. The average Bonchev–Trinajstić information content (AvgIpc) is 2.64. The molecule has 5 unspecified atom stereocenters. The van der Waals surface area contributed by atoms with Gasteiger partial charge in [-0.25, -0.2) is 0 Å². The largest absolute Gasteiger partial charge is 0.475 e. The third-order valence-corrected chi connectivity index (χ3v) is 6.06. The zero-order valence-corrected chi connectivity index (χ0v) is 13.0. The van der Waals surface area contributed by atoms with Gasteiger partial charge in [0.15, 0.2) is 0 Å². The molecule has 5 atom stereocenters. The molecule has 2 N–H and O–H groups in total. The zero-order chi connectivity index (χ0) is 14.0. The first-order valence-electron chi connectivity index (χ1n) is 7.84. The lowest BCUT2D eigenvalue weighted by atomic mass is 9.43. The molecule has 0 spiro atoms. The second-order valence-corrected chi connectivity index (χ2v) is 8.13. The standard InChI is InChI=1S/C15H28BNO2/c1-9(2)6-13(17)16-18-12-8-10-7-11(14(10,3)4)15(12,5)19-16/h9-13H,6-8,17H2,1-5H3. The van der Waals surface area contributed by atoms with E-state index in [1.54, 1.807) is 0 Å². The second-order valence-electron chi connectivity index (χ2n) is 8.13. The maximum Gasteiger partial charge on any atom is 0.475 e. The van der Waals surface area contributed by atoms with Crippen molar-refractivity contribution in [1.29, 1.82) is 0 Å². The van der Waals surface area contributed by atoms with Gasteiger partial charge in [-0.1, -0.05) is 27.7 Å². The van der Waals surface area contributed by atoms with Crippen LogP contribution < -0.4 is 5.73 Å². The minimum Gasteiger partial charge on any atom is -0.404 e. The van der Waals surface area contributed by atoms with Crippen LogP contribution in [0.15, 0.2) is 0 Å². The van der Waals surface area contributed by atoms with Crippen LogP contribution in [0.1, 0.15) is 53.9 Å². The lowest BCUT2D eigenvalue weighted by Crippen LogP contribution is -2.65. The van der Waals surface area contributed by atoms with Crippen LogP contribution >= 0.6 is 0 Å². The lowest BCUT2D eigenvalue weighted by molar-refractivity contribution is -0.199. The Balaban J connectivity index is 1.74. The smallest absolute Gasteiger partial charge is 0.404 e. The van der Waals surface area contributed by atoms with E-state index in [0.29, 0.717) is 17.3 Å². The van der Waals surface area contributed by atoms with Gasteiger partial charge in [-0.15, -0.1) is 0 Å². The van der Waals surface area contributed by atoms with Gasteiger partial charge in [0.1, 0.15) is 0 Å². The fraction of sp³-hybridized carbons (Fsp3) is 1.00. The highest BCUT2D eigenvalue weighted by molar-refractivity contribution is 6.47. The van der Waals surface area contributed by atoms with Gasteiger partial charge in [0, 0.05) is 5.94 Å². The fourth-order valence-electron chi connectivity index (χ4n) is 4.74. The molecule has 4 aliphatic rings. The molecule has 2 bridgehead atoms. The van der Waals surface area contributed by atoms with Crippen molar-refractivity contribution in [2.75, 3.05) is 0 Å². The highest BCUT2D eigenvalue weighted by atomic mass is 16.7. The summed E-state index contributed by atoms with van der Waals surface area (Å²) >= 11 is 0. The van der Waals surface area contributed by atoms with Crippen LogP contribution in [0.2, 0.25) is 0 Å². The third-order valence-electron chi connectivity index (χ3n) is 6.06.